The van der Waals surface area contributed by atoms with E-state index in [1.807, 2.05) is 0 Å². The number of aliphatic hydroxyl groups excluding tert-OH is 1. The maximum Gasteiger partial charge on any atom is 0.143 e. The zero-order valence-electron chi connectivity index (χ0n) is 7.61. The van der Waals surface area contributed by atoms with E-state index in [1.54, 1.807) is 12.1 Å². The highest BCUT2D eigenvalue weighted by Crippen LogP contribution is 2.16. The summed E-state index contributed by atoms with van der Waals surface area (Å²) in [6.45, 7) is 0.0889. The Kier molecular flexibility index (Phi) is 4.11. The van der Waals surface area contributed by atoms with Gasteiger partial charge in [-0.3, -0.25) is 0 Å². The predicted molar refractivity (Wildman–Crippen MR) is 51.0 cm³/mol. The van der Waals surface area contributed by atoms with Crippen LogP contribution in [0.3, 0.4) is 0 Å². The molecule has 0 aliphatic heterocycles. The quantitative estimate of drug-likeness (QED) is 0.736. The Hall–Kier alpha value is -1.37. The van der Waals surface area contributed by atoms with Gasteiger partial charge in [-0.25, -0.2) is 4.39 Å². The molecule has 0 saturated heterocycles. The lowest BCUT2D eigenvalue weighted by Crippen LogP contribution is -2.05. The third kappa shape index (κ3) is 2.84. The third-order valence-electron chi connectivity index (χ3n) is 1.70. The van der Waals surface area contributed by atoms with Crippen LogP contribution in [0.4, 0.5) is 4.39 Å². The Balaban J connectivity index is 2.70. The summed E-state index contributed by atoms with van der Waals surface area (Å²) in [6.07, 6.45) is 4.71. The summed E-state index contributed by atoms with van der Waals surface area (Å²) in [6, 6.07) is 5.78. The first-order chi connectivity index (χ1) is 6.77. The van der Waals surface area contributed by atoms with Crippen molar-refractivity contribution in [1.29, 1.82) is 0 Å². The molecule has 74 valence electrons. The van der Waals surface area contributed by atoms with Gasteiger partial charge >= 0.3 is 0 Å². The number of benzene rings is 1. The van der Waals surface area contributed by atoms with Gasteiger partial charge in [0, 0.05) is 0 Å². The van der Waals surface area contributed by atoms with Crippen molar-refractivity contribution >= 4 is 0 Å². The molecule has 0 aliphatic rings. The molecule has 0 aliphatic carbocycles. The number of halogens is 1. The lowest BCUT2D eigenvalue weighted by Gasteiger charge is -2.11. The molecule has 0 saturated carbocycles. The average molecular weight is 194 g/mol. The standard InChI is InChI=1S/C11H11FO2/c1-2-11(14-8-7-13)9-3-5-10(12)6-4-9/h1,3-6,11,13H,7-8H2/t11-/m1/s1. The van der Waals surface area contributed by atoms with Gasteiger partial charge in [0.25, 0.3) is 0 Å². The van der Waals surface area contributed by atoms with Gasteiger partial charge in [0.05, 0.1) is 13.2 Å². The van der Waals surface area contributed by atoms with Crippen LogP contribution in [0.2, 0.25) is 0 Å². The largest absolute Gasteiger partial charge is 0.394 e. The van der Waals surface area contributed by atoms with Gasteiger partial charge < -0.3 is 9.84 Å². The molecule has 1 atom stereocenters. The molecule has 1 aromatic carbocycles. The fourth-order valence-electron chi connectivity index (χ4n) is 1.05. The molecule has 1 aromatic rings. The average Bonchev–Trinajstić information content (AvgIpc) is 2.21. The van der Waals surface area contributed by atoms with Crippen LogP contribution in [0.25, 0.3) is 0 Å². The first kappa shape index (κ1) is 10.7. The molecule has 0 spiro atoms. The van der Waals surface area contributed by atoms with Crippen LogP contribution >= 0.6 is 0 Å². The zero-order chi connectivity index (χ0) is 10.4. The van der Waals surface area contributed by atoms with Crippen LogP contribution in [-0.2, 0) is 4.74 Å². The van der Waals surface area contributed by atoms with Crippen molar-refractivity contribution < 1.29 is 14.2 Å². The Morgan fingerprint density at radius 2 is 2.07 bits per heavy atom. The summed E-state index contributed by atoms with van der Waals surface area (Å²) in [5.41, 5.74) is 0.711. The van der Waals surface area contributed by atoms with E-state index in [4.69, 9.17) is 16.3 Å². The number of aliphatic hydroxyl groups is 1. The highest BCUT2D eigenvalue weighted by molar-refractivity contribution is 5.24. The minimum absolute atomic E-state index is 0.0840. The second kappa shape index (κ2) is 5.38. The van der Waals surface area contributed by atoms with Gasteiger partial charge in [0.1, 0.15) is 11.9 Å². The summed E-state index contributed by atoms with van der Waals surface area (Å²) in [5, 5.41) is 8.55. The van der Waals surface area contributed by atoms with Gasteiger partial charge in [-0.2, -0.15) is 0 Å². The van der Waals surface area contributed by atoms with Crippen LogP contribution < -0.4 is 0 Å². The van der Waals surface area contributed by atoms with E-state index in [2.05, 4.69) is 5.92 Å². The smallest absolute Gasteiger partial charge is 0.143 e. The molecule has 3 heteroatoms. The predicted octanol–water partition coefficient (Wildman–Crippen LogP) is 1.51. The topological polar surface area (TPSA) is 29.5 Å². The highest BCUT2D eigenvalue weighted by atomic mass is 19.1. The molecule has 14 heavy (non-hydrogen) atoms. The van der Waals surface area contributed by atoms with Crippen LogP contribution in [-0.4, -0.2) is 18.3 Å². The Labute approximate surface area is 82.3 Å². The number of terminal acetylenes is 1. The fourth-order valence-corrected chi connectivity index (χ4v) is 1.05. The van der Waals surface area contributed by atoms with Gasteiger partial charge in [0.15, 0.2) is 0 Å². The molecule has 0 fully saturated rings. The highest BCUT2D eigenvalue weighted by Gasteiger charge is 2.07. The summed E-state index contributed by atoms with van der Waals surface area (Å²) in [4.78, 5) is 0. The molecule has 0 unspecified atom stereocenters. The van der Waals surface area contributed by atoms with Crippen LogP contribution in [0, 0.1) is 18.2 Å². The van der Waals surface area contributed by atoms with Crippen LogP contribution in [0.5, 0.6) is 0 Å². The SMILES string of the molecule is C#C[C@@H](OCCO)c1ccc(F)cc1. The molecular weight excluding hydrogens is 183 g/mol. The molecule has 0 heterocycles. The summed E-state index contributed by atoms with van der Waals surface area (Å²) in [5.74, 6) is 2.10. The van der Waals surface area contributed by atoms with Crippen molar-refractivity contribution in [3.8, 4) is 12.3 Å². The maximum absolute atomic E-state index is 12.6. The minimum atomic E-state index is -0.525. The van der Waals surface area contributed by atoms with Gasteiger partial charge in [-0.05, 0) is 17.7 Å². The van der Waals surface area contributed by atoms with Crippen molar-refractivity contribution in [2.75, 3.05) is 13.2 Å². The number of ether oxygens (including phenoxy) is 1. The lowest BCUT2D eigenvalue weighted by atomic mass is 10.1. The first-order valence-corrected chi connectivity index (χ1v) is 4.22. The third-order valence-corrected chi connectivity index (χ3v) is 1.70. The second-order valence-electron chi connectivity index (χ2n) is 2.69. The summed E-state index contributed by atoms with van der Waals surface area (Å²) in [7, 11) is 0. The summed E-state index contributed by atoms with van der Waals surface area (Å²) < 4.78 is 17.7. The van der Waals surface area contributed by atoms with E-state index in [0.717, 1.165) is 0 Å². The molecule has 0 amide bonds. The number of hydrogen-bond donors (Lipinski definition) is 1. The Morgan fingerprint density at radius 3 is 2.57 bits per heavy atom. The Morgan fingerprint density at radius 1 is 1.43 bits per heavy atom. The van der Waals surface area contributed by atoms with Gasteiger partial charge in [-0.15, -0.1) is 6.42 Å². The van der Waals surface area contributed by atoms with Crippen molar-refractivity contribution in [2.45, 2.75) is 6.10 Å². The zero-order valence-corrected chi connectivity index (χ0v) is 7.61. The minimum Gasteiger partial charge on any atom is -0.394 e. The van der Waals surface area contributed by atoms with Gasteiger partial charge in [0.2, 0.25) is 0 Å². The maximum atomic E-state index is 12.6. The molecule has 1 rings (SSSR count). The van der Waals surface area contributed by atoms with E-state index in [1.165, 1.54) is 12.1 Å². The van der Waals surface area contributed by atoms with Crippen LogP contribution in [0.15, 0.2) is 24.3 Å². The molecular formula is C11H11FO2. The first-order valence-electron chi connectivity index (χ1n) is 4.22. The van der Waals surface area contributed by atoms with E-state index in [-0.39, 0.29) is 19.0 Å². The van der Waals surface area contributed by atoms with Crippen molar-refractivity contribution in [3.05, 3.63) is 35.6 Å². The van der Waals surface area contributed by atoms with E-state index >= 15 is 0 Å². The van der Waals surface area contributed by atoms with Crippen LogP contribution in [0.1, 0.15) is 11.7 Å². The van der Waals surface area contributed by atoms with Crippen molar-refractivity contribution in [1.82, 2.24) is 0 Å². The lowest BCUT2D eigenvalue weighted by molar-refractivity contribution is 0.0592. The monoisotopic (exact) mass is 194 g/mol. The summed E-state index contributed by atoms with van der Waals surface area (Å²) >= 11 is 0. The molecule has 0 radical (unpaired) electrons. The van der Waals surface area contributed by atoms with Crippen molar-refractivity contribution in [3.63, 3.8) is 0 Å². The normalized spacial score (nSPS) is 12.1. The fraction of sp³-hybridized carbons (Fsp3) is 0.273. The van der Waals surface area contributed by atoms with Gasteiger partial charge in [-0.1, -0.05) is 18.1 Å². The molecule has 2 nitrogen and oxygen atoms in total. The molecule has 1 N–H and O–H groups in total. The number of hydrogen-bond acceptors (Lipinski definition) is 2. The second-order valence-corrected chi connectivity index (χ2v) is 2.69. The molecule has 0 aromatic heterocycles. The number of rotatable bonds is 4. The van der Waals surface area contributed by atoms with E-state index in [0.29, 0.717) is 5.56 Å². The van der Waals surface area contributed by atoms with Crippen molar-refractivity contribution in [2.24, 2.45) is 0 Å². The van der Waals surface area contributed by atoms with E-state index < -0.39 is 6.10 Å². The Bertz CT molecular complexity index is 313. The molecule has 0 bridgehead atoms. The van der Waals surface area contributed by atoms with E-state index in [9.17, 15) is 4.39 Å².